The first-order valence-corrected chi connectivity index (χ1v) is 15.5. The number of carbonyl (C=O) groups excluding carboxylic acids is 1. The van der Waals surface area contributed by atoms with Gasteiger partial charge in [0.05, 0.1) is 6.20 Å². The summed E-state index contributed by atoms with van der Waals surface area (Å²) in [4.78, 5) is 16.1. The van der Waals surface area contributed by atoms with Gasteiger partial charge in [-0.1, -0.05) is 69.3 Å². The summed E-state index contributed by atoms with van der Waals surface area (Å²) in [5, 5.41) is 0.0115. The van der Waals surface area contributed by atoms with Gasteiger partial charge in [-0.25, -0.2) is 4.98 Å². The minimum atomic E-state index is -2.16. The summed E-state index contributed by atoms with van der Waals surface area (Å²) in [6.07, 6.45) is 10.6. The van der Waals surface area contributed by atoms with Gasteiger partial charge in [0.1, 0.15) is 18.5 Å². The zero-order chi connectivity index (χ0) is 26.3. The molecule has 1 amide bonds. The maximum absolute atomic E-state index is 11.7. The number of hydrogen-bond donors (Lipinski definition) is 1. The van der Waals surface area contributed by atoms with Gasteiger partial charge in [-0.2, -0.15) is 0 Å². The molecule has 1 aliphatic rings. The molecule has 2 atom stereocenters. The normalized spacial score (nSPS) is 20.8. The number of oxazole rings is 1. The van der Waals surface area contributed by atoms with Crippen molar-refractivity contribution < 1.29 is 18.4 Å². The van der Waals surface area contributed by atoms with E-state index in [0.29, 0.717) is 12.5 Å². The van der Waals surface area contributed by atoms with Crippen LogP contribution in [0.5, 0.6) is 0 Å². The third-order valence-electron chi connectivity index (χ3n) is 7.08. The Labute approximate surface area is 216 Å². The number of carbonyl (C=O) groups is 1. The number of nitrogens with zero attached hydrogens (tertiary/aromatic N) is 1. The molecule has 2 N–H and O–H groups in total. The van der Waals surface area contributed by atoms with E-state index in [0.717, 1.165) is 42.6 Å². The monoisotopic (exact) mass is 508 g/mol. The van der Waals surface area contributed by atoms with Gasteiger partial charge in [0.25, 0.3) is 5.91 Å². The first kappa shape index (κ1) is 27.7. The Morgan fingerprint density at radius 1 is 1.25 bits per heavy atom. The smallest absolute Gasteiger partial charge is 0.286 e. The fourth-order valence-corrected chi connectivity index (χ4v) is 5.14. The maximum Gasteiger partial charge on any atom is 0.286 e. The minimum Gasteiger partial charge on any atom is -0.489 e. The lowest BCUT2D eigenvalue weighted by Crippen LogP contribution is -2.43. The molecule has 194 valence electrons. The molecule has 2 aromatic rings. The van der Waals surface area contributed by atoms with Gasteiger partial charge in [0, 0.05) is 0 Å². The van der Waals surface area contributed by atoms with Gasteiger partial charge in [-0.05, 0) is 67.4 Å². The number of hydrogen-bond acceptors (Lipinski definition) is 5. The Balaban J connectivity index is 1.79. The van der Waals surface area contributed by atoms with Crippen LogP contribution in [-0.2, 0) is 15.8 Å². The lowest BCUT2D eigenvalue weighted by molar-refractivity contribution is 0.0779. The van der Waals surface area contributed by atoms with E-state index in [9.17, 15) is 4.79 Å². The Morgan fingerprint density at radius 3 is 2.61 bits per heavy atom. The van der Waals surface area contributed by atoms with Crippen LogP contribution in [0.15, 0.2) is 77.1 Å². The zero-order valence-electron chi connectivity index (χ0n) is 22.3. The molecule has 1 heterocycles. The Bertz CT molecular complexity index is 1100. The quantitative estimate of drug-likeness (QED) is 0.380. The van der Waals surface area contributed by atoms with E-state index in [1.807, 2.05) is 30.4 Å². The molecule has 0 fully saturated rings. The van der Waals surface area contributed by atoms with Gasteiger partial charge < -0.3 is 19.3 Å². The van der Waals surface area contributed by atoms with Gasteiger partial charge in [-0.3, -0.25) is 4.79 Å². The van der Waals surface area contributed by atoms with Gasteiger partial charge in [0.2, 0.25) is 11.7 Å². The number of primary amides is 1. The molecule has 0 spiro atoms. The van der Waals surface area contributed by atoms with Crippen molar-refractivity contribution >= 4 is 14.2 Å². The van der Waals surface area contributed by atoms with E-state index in [-0.39, 0.29) is 22.8 Å². The number of amides is 1. The fourth-order valence-electron chi connectivity index (χ4n) is 3.86. The lowest BCUT2D eigenvalue weighted by atomic mass is 9.89. The second-order valence-electron chi connectivity index (χ2n) is 11.0. The molecule has 6 nitrogen and oxygen atoms in total. The summed E-state index contributed by atoms with van der Waals surface area (Å²) in [5.41, 5.74) is 7.55. The number of allylic oxidation sites excluding steroid dienone is 4. The van der Waals surface area contributed by atoms with E-state index in [2.05, 4.69) is 63.6 Å². The highest BCUT2D eigenvalue weighted by molar-refractivity contribution is 6.74. The zero-order valence-corrected chi connectivity index (χ0v) is 23.3. The maximum atomic E-state index is 11.7. The molecule has 0 saturated heterocycles. The fraction of sp³-hybridized carbons (Fsp3) is 0.448. The van der Waals surface area contributed by atoms with Crippen LogP contribution in [0.2, 0.25) is 18.1 Å². The summed E-state index contributed by atoms with van der Waals surface area (Å²) in [7, 11) is -2.16. The molecule has 3 rings (SSSR count). The van der Waals surface area contributed by atoms with Crippen LogP contribution in [0.3, 0.4) is 0 Å². The predicted octanol–water partition coefficient (Wildman–Crippen LogP) is 7.24. The molecule has 1 aromatic carbocycles. The largest absolute Gasteiger partial charge is 0.489 e. The van der Waals surface area contributed by atoms with Crippen molar-refractivity contribution in [3.63, 3.8) is 0 Å². The standard InChI is InChI=1S/C29H40N2O4Si/c1-21-16-17-23(14-10-11-15-24(18-21)33-20-22-12-8-7-9-13-22)26(35-36(5,6)29(2,3)4)28-31-19-25(34-28)27(30)32/h7-9,11-13,15,18-19,23,26H,1,10,14,16-17,20H2,2-6H3,(H2,30,32)/b15-11-,24-18+. The molecule has 0 aliphatic heterocycles. The van der Waals surface area contributed by atoms with Crippen molar-refractivity contribution in [1.82, 2.24) is 4.98 Å². The Morgan fingerprint density at radius 2 is 1.97 bits per heavy atom. The second-order valence-corrected chi connectivity index (χ2v) is 15.7. The number of nitrogens with two attached hydrogens (primary N) is 1. The molecule has 7 heteroatoms. The van der Waals surface area contributed by atoms with Crippen LogP contribution in [0.4, 0.5) is 0 Å². The molecule has 1 aromatic heterocycles. The first-order chi connectivity index (χ1) is 17.0. The van der Waals surface area contributed by atoms with Crippen LogP contribution in [0.1, 0.15) is 74.6 Å². The number of benzene rings is 1. The third kappa shape index (κ3) is 7.55. The molecule has 36 heavy (non-hydrogen) atoms. The van der Waals surface area contributed by atoms with Crippen LogP contribution < -0.4 is 5.73 Å². The minimum absolute atomic E-state index is 0.0115. The third-order valence-corrected chi connectivity index (χ3v) is 11.5. The molecular weight excluding hydrogens is 468 g/mol. The Hall–Kier alpha value is -2.90. The van der Waals surface area contributed by atoms with Crippen molar-refractivity contribution in [2.75, 3.05) is 0 Å². The highest BCUT2D eigenvalue weighted by atomic mass is 28.4. The summed E-state index contributed by atoms with van der Waals surface area (Å²) in [6.45, 7) is 15.9. The topological polar surface area (TPSA) is 87.6 Å². The van der Waals surface area contributed by atoms with Crippen molar-refractivity contribution in [2.45, 2.75) is 77.3 Å². The summed E-state index contributed by atoms with van der Waals surface area (Å²) >= 11 is 0. The second kappa shape index (κ2) is 11.9. The average molecular weight is 509 g/mol. The highest BCUT2D eigenvalue weighted by Gasteiger charge is 2.42. The summed E-state index contributed by atoms with van der Waals surface area (Å²) in [5.74, 6) is 0.805. The van der Waals surface area contributed by atoms with Gasteiger partial charge >= 0.3 is 0 Å². The molecule has 2 unspecified atom stereocenters. The lowest BCUT2D eigenvalue weighted by Gasteiger charge is -2.40. The van der Waals surface area contributed by atoms with E-state index in [1.165, 1.54) is 6.20 Å². The average Bonchev–Trinajstić information content (AvgIpc) is 3.31. The van der Waals surface area contributed by atoms with Crippen LogP contribution >= 0.6 is 0 Å². The van der Waals surface area contributed by atoms with Crippen LogP contribution in [-0.4, -0.2) is 19.2 Å². The van der Waals surface area contributed by atoms with Crippen molar-refractivity contribution in [1.29, 1.82) is 0 Å². The van der Waals surface area contributed by atoms with Gasteiger partial charge in [0.15, 0.2) is 8.32 Å². The van der Waals surface area contributed by atoms with Crippen LogP contribution in [0.25, 0.3) is 0 Å². The van der Waals surface area contributed by atoms with Crippen molar-refractivity contribution in [2.24, 2.45) is 11.7 Å². The molecule has 0 radical (unpaired) electrons. The summed E-state index contributed by atoms with van der Waals surface area (Å²) in [6, 6.07) is 10.1. The first-order valence-electron chi connectivity index (χ1n) is 12.6. The van der Waals surface area contributed by atoms with Gasteiger partial charge in [-0.15, -0.1) is 0 Å². The SMILES string of the molecule is C=C1/C=C(OCc2ccccc2)\C=C/CCC(C(O[Si](C)(C)C(C)(C)C)c2ncc(C(N)=O)o2)CC1. The predicted molar refractivity (Wildman–Crippen MR) is 146 cm³/mol. The van der Waals surface area contributed by atoms with E-state index in [4.69, 9.17) is 19.3 Å². The van der Waals surface area contributed by atoms with Crippen molar-refractivity contribution in [3.8, 4) is 0 Å². The number of aromatic nitrogens is 1. The molecule has 0 bridgehead atoms. The van der Waals surface area contributed by atoms with E-state index >= 15 is 0 Å². The van der Waals surface area contributed by atoms with E-state index < -0.39 is 14.2 Å². The summed E-state index contributed by atoms with van der Waals surface area (Å²) < 4.78 is 18.7. The number of rotatable bonds is 8. The molecule has 0 saturated carbocycles. The molecule has 1 aliphatic carbocycles. The number of ether oxygens (including phenoxy) is 1. The van der Waals surface area contributed by atoms with Crippen molar-refractivity contribution in [3.05, 3.63) is 89.9 Å². The molecular formula is C29H40N2O4Si. The Kier molecular flexibility index (Phi) is 9.14. The van der Waals surface area contributed by atoms with Crippen LogP contribution in [0, 0.1) is 5.92 Å². The highest BCUT2D eigenvalue weighted by Crippen LogP contribution is 2.43. The van der Waals surface area contributed by atoms with E-state index in [1.54, 1.807) is 0 Å².